The van der Waals surface area contributed by atoms with Gasteiger partial charge in [0.05, 0.1) is 0 Å². The van der Waals surface area contributed by atoms with Crippen molar-refractivity contribution in [3.05, 3.63) is 49.4 Å². The number of aromatic hydroxyl groups is 1. The Morgan fingerprint density at radius 3 is 1.72 bits per heavy atom. The number of benzene rings is 2. The van der Waals surface area contributed by atoms with Crippen LogP contribution >= 0.6 is 31.9 Å². The van der Waals surface area contributed by atoms with Crippen LogP contribution in [0.3, 0.4) is 0 Å². The lowest BCUT2D eigenvalue weighted by atomic mass is 9.75. The molecule has 0 aromatic heterocycles. The molecule has 2 aromatic rings. The molecule has 0 unspecified atom stereocenters. The van der Waals surface area contributed by atoms with Crippen LogP contribution in [0.4, 0.5) is 0 Å². The van der Waals surface area contributed by atoms with Crippen LogP contribution in [0.2, 0.25) is 0 Å². The fourth-order valence-electron chi connectivity index (χ4n) is 3.11. The number of hydrogen-bond donors (Lipinski definition) is 1. The Morgan fingerprint density at radius 1 is 0.760 bits per heavy atom. The highest BCUT2D eigenvalue weighted by atomic mass is 79.9. The van der Waals surface area contributed by atoms with E-state index in [0.29, 0.717) is 5.75 Å². The Balaban J connectivity index is 3.02. The lowest BCUT2D eigenvalue weighted by molar-refractivity contribution is 0.468. The van der Waals surface area contributed by atoms with Crippen molar-refractivity contribution in [1.29, 1.82) is 0 Å². The van der Waals surface area contributed by atoms with Crippen molar-refractivity contribution >= 4 is 31.9 Å². The average Bonchev–Trinajstić information content (AvgIpc) is 2.45. The van der Waals surface area contributed by atoms with Crippen LogP contribution in [0.25, 0.3) is 11.1 Å². The molecule has 25 heavy (non-hydrogen) atoms. The molecule has 1 nitrogen and oxygen atoms in total. The predicted octanol–water partition coefficient (Wildman–Crippen LogP) is 7.80. The first kappa shape index (κ1) is 20.5. The number of phenols is 1. The molecule has 0 spiro atoms. The summed E-state index contributed by atoms with van der Waals surface area (Å²) >= 11 is 7.29. The van der Waals surface area contributed by atoms with E-state index in [2.05, 4.69) is 98.5 Å². The Kier molecular flexibility index (Phi) is 5.53. The highest BCUT2D eigenvalue weighted by Crippen LogP contribution is 2.47. The van der Waals surface area contributed by atoms with Crippen LogP contribution in [0.1, 0.15) is 63.8 Å². The zero-order chi connectivity index (χ0) is 19.3. The van der Waals surface area contributed by atoms with Crippen LogP contribution in [-0.2, 0) is 10.8 Å². The topological polar surface area (TPSA) is 20.2 Å². The van der Waals surface area contributed by atoms with E-state index in [0.717, 1.165) is 31.2 Å². The van der Waals surface area contributed by atoms with Crippen molar-refractivity contribution in [2.24, 2.45) is 0 Å². The highest BCUT2D eigenvalue weighted by Gasteiger charge is 2.28. The summed E-state index contributed by atoms with van der Waals surface area (Å²) in [5.41, 5.74) is 6.38. The van der Waals surface area contributed by atoms with Gasteiger partial charge < -0.3 is 5.11 Å². The Bertz CT molecular complexity index is 822. The molecule has 0 atom stereocenters. The number of rotatable bonds is 1. The Labute approximate surface area is 169 Å². The molecular formula is C22H28Br2O. The molecule has 0 saturated carbocycles. The van der Waals surface area contributed by atoms with Gasteiger partial charge in [0.2, 0.25) is 0 Å². The number of hydrogen-bond acceptors (Lipinski definition) is 1. The Morgan fingerprint density at radius 2 is 1.24 bits per heavy atom. The molecule has 3 heteroatoms. The van der Waals surface area contributed by atoms with Crippen molar-refractivity contribution in [2.75, 3.05) is 0 Å². The van der Waals surface area contributed by atoms with E-state index in [9.17, 15) is 5.11 Å². The SMILES string of the molecule is Cc1cc(-c2c(C(C)(C)C)cc(Br)c(C)c2O)c(C(C)(C)C)cc1Br. The standard InChI is InChI=1S/C22H28Br2O/c1-12-9-14(15(10-17(12)23)21(3,4)5)19-16(22(6,7)8)11-18(24)13(2)20(19)25/h9-11,25H,1-8H3. The van der Waals surface area contributed by atoms with Crippen LogP contribution in [0.5, 0.6) is 5.75 Å². The maximum Gasteiger partial charge on any atom is 0.127 e. The van der Waals surface area contributed by atoms with Gasteiger partial charge in [-0.1, -0.05) is 73.4 Å². The van der Waals surface area contributed by atoms with E-state index in [1.165, 1.54) is 11.1 Å². The molecule has 0 aliphatic rings. The number of aryl methyl sites for hydroxylation is 1. The normalized spacial score (nSPS) is 12.6. The Hall–Kier alpha value is -0.800. The first-order valence-corrected chi connectivity index (χ1v) is 10.2. The summed E-state index contributed by atoms with van der Waals surface area (Å²) in [7, 11) is 0. The summed E-state index contributed by atoms with van der Waals surface area (Å²) in [5, 5.41) is 11.1. The zero-order valence-corrected chi connectivity index (χ0v) is 19.6. The molecule has 0 radical (unpaired) electrons. The van der Waals surface area contributed by atoms with Gasteiger partial charge in [-0.2, -0.15) is 0 Å². The van der Waals surface area contributed by atoms with Crippen LogP contribution in [-0.4, -0.2) is 5.11 Å². The van der Waals surface area contributed by atoms with E-state index in [4.69, 9.17) is 0 Å². The van der Waals surface area contributed by atoms with Gasteiger partial charge in [0.25, 0.3) is 0 Å². The summed E-state index contributed by atoms with van der Waals surface area (Å²) in [4.78, 5) is 0. The number of halogens is 2. The van der Waals surface area contributed by atoms with Gasteiger partial charge in [-0.25, -0.2) is 0 Å². The maximum atomic E-state index is 11.1. The monoisotopic (exact) mass is 466 g/mol. The first-order chi connectivity index (χ1) is 11.2. The van der Waals surface area contributed by atoms with Crippen molar-refractivity contribution in [3.8, 4) is 16.9 Å². The second kappa shape index (κ2) is 6.74. The molecule has 0 bridgehead atoms. The molecule has 0 fully saturated rings. The average molecular weight is 468 g/mol. The molecule has 0 heterocycles. The lowest BCUT2D eigenvalue weighted by Crippen LogP contribution is -2.17. The van der Waals surface area contributed by atoms with Gasteiger partial charge in [-0.05, 0) is 65.1 Å². The molecule has 0 aliphatic heterocycles. The minimum atomic E-state index is -0.0842. The minimum Gasteiger partial charge on any atom is -0.507 e. The van der Waals surface area contributed by atoms with Gasteiger partial charge in [-0.3, -0.25) is 0 Å². The lowest BCUT2D eigenvalue weighted by Gasteiger charge is -2.30. The van der Waals surface area contributed by atoms with E-state index in [1.807, 2.05) is 6.92 Å². The van der Waals surface area contributed by atoms with Crippen LogP contribution < -0.4 is 0 Å². The fourth-order valence-corrected chi connectivity index (χ4v) is 3.87. The van der Waals surface area contributed by atoms with Crippen LogP contribution in [0, 0.1) is 13.8 Å². The summed E-state index contributed by atoms with van der Waals surface area (Å²) < 4.78 is 2.05. The molecule has 0 amide bonds. The predicted molar refractivity (Wildman–Crippen MR) is 116 cm³/mol. The van der Waals surface area contributed by atoms with E-state index < -0.39 is 0 Å². The molecule has 1 N–H and O–H groups in total. The number of phenolic OH excluding ortho intramolecular Hbond substituents is 1. The largest absolute Gasteiger partial charge is 0.507 e. The van der Waals surface area contributed by atoms with Gasteiger partial charge in [-0.15, -0.1) is 0 Å². The summed E-state index contributed by atoms with van der Waals surface area (Å²) in [6.07, 6.45) is 0. The third-order valence-corrected chi connectivity index (χ3v) is 6.35. The van der Waals surface area contributed by atoms with Gasteiger partial charge in [0.1, 0.15) is 5.75 Å². The van der Waals surface area contributed by atoms with Gasteiger partial charge in [0.15, 0.2) is 0 Å². The molecule has 0 saturated heterocycles. The third kappa shape index (κ3) is 3.98. The summed E-state index contributed by atoms with van der Waals surface area (Å²) in [5.74, 6) is 0.367. The van der Waals surface area contributed by atoms with Gasteiger partial charge >= 0.3 is 0 Å². The summed E-state index contributed by atoms with van der Waals surface area (Å²) in [6.45, 7) is 17.3. The molecule has 0 aliphatic carbocycles. The second-order valence-electron chi connectivity index (χ2n) is 8.90. The zero-order valence-electron chi connectivity index (χ0n) is 16.4. The second-order valence-corrected chi connectivity index (χ2v) is 10.6. The quantitative estimate of drug-likeness (QED) is 0.453. The maximum absolute atomic E-state index is 11.1. The molecule has 2 rings (SSSR count). The van der Waals surface area contributed by atoms with Crippen molar-refractivity contribution in [3.63, 3.8) is 0 Å². The molecular weight excluding hydrogens is 440 g/mol. The first-order valence-electron chi connectivity index (χ1n) is 8.58. The minimum absolute atomic E-state index is 0.0336. The van der Waals surface area contributed by atoms with E-state index in [1.54, 1.807) is 0 Å². The van der Waals surface area contributed by atoms with Gasteiger partial charge in [0, 0.05) is 20.1 Å². The van der Waals surface area contributed by atoms with Crippen molar-refractivity contribution in [2.45, 2.75) is 66.2 Å². The van der Waals surface area contributed by atoms with Crippen molar-refractivity contribution < 1.29 is 5.11 Å². The van der Waals surface area contributed by atoms with Crippen LogP contribution in [0.15, 0.2) is 27.1 Å². The summed E-state index contributed by atoms with van der Waals surface area (Å²) in [6, 6.07) is 6.56. The van der Waals surface area contributed by atoms with E-state index >= 15 is 0 Å². The molecule has 2 aromatic carbocycles. The highest BCUT2D eigenvalue weighted by molar-refractivity contribution is 9.10. The molecule has 136 valence electrons. The van der Waals surface area contributed by atoms with Crippen molar-refractivity contribution in [1.82, 2.24) is 0 Å². The third-order valence-electron chi connectivity index (χ3n) is 4.67. The fraction of sp³-hybridized carbons (Fsp3) is 0.455. The van der Waals surface area contributed by atoms with E-state index in [-0.39, 0.29) is 10.8 Å². The smallest absolute Gasteiger partial charge is 0.127 e.